The highest BCUT2D eigenvalue weighted by molar-refractivity contribution is 8.00. The van der Waals surface area contributed by atoms with E-state index in [1.165, 1.54) is 31.0 Å². The predicted octanol–water partition coefficient (Wildman–Crippen LogP) is 5.79. The molecule has 2 aromatic carbocycles. The number of carbonyl (C=O) groups excluding carboxylic acids is 2. The molecule has 0 amide bonds. The lowest BCUT2D eigenvalue weighted by molar-refractivity contribution is -0.153. The van der Waals surface area contributed by atoms with Crippen molar-refractivity contribution in [2.75, 3.05) is 20.8 Å². The number of hydrogen-bond donors (Lipinski definition) is 0. The predicted molar refractivity (Wildman–Crippen MR) is 126 cm³/mol. The van der Waals surface area contributed by atoms with Crippen molar-refractivity contribution in [3.05, 3.63) is 58.7 Å². The van der Waals surface area contributed by atoms with Crippen molar-refractivity contribution in [2.45, 2.75) is 50.3 Å². The van der Waals surface area contributed by atoms with Crippen LogP contribution < -0.4 is 9.47 Å². The zero-order chi connectivity index (χ0) is 25.7. The molecule has 0 bridgehead atoms. The molecule has 2 rings (SSSR count). The van der Waals surface area contributed by atoms with Crippen molar-refractivity contribution in [1.82, 2.24) is 0 Å². The van der Waals surface area contributed by atoms with E-state index in [-0.39, 0.29) is 11.5 Å². The van der Waals surface area contributed by atoms with Crippen LogP contribution in [-0.2, 0) is 20.1 Å². The highest BCUT2D eigenvalue weighted by Gasteiger charge is 2.41. The Bertz CT molecular complexity index is 993. The number of halogens is 3. The number of rotatable bonds is 10. The van der Waals surface area contributed by atoms with Gasteiger partial charge in [0.1, 0.15) is 17.4 Å². The van der Waals surface area contributed by atoms with Crippen molar-refractivity contribution in [3.63, 3.8) is 0 Å². The summed E-state index contributed by atoms with van der Waals surface area (Å²) < 4.78 is 51.6. The lowest BCUT2D eigenvalue weighted by Gasteiger charge is -2.28. The molecule has 0 spiro atoms. The third kappa shape index (κ3) is 7.16. The average Bonchev–Trinajstić information content (AvgIpc) is 2.77. The van der Waals surface area contributed by atoms with Crippen molar-refractivity contribution < 1.29 is 37.0 Å². The second-order valence-corrected chi connectivity index (χ2v) is 9.94. The summed E-state index contributed by atoms with van der Waals surface area (Å²) in [5, 5.41) is 0. The molecule has 34 heavy (non-hydrogen) atoms. The molecule has 1 atom stereocenters. The van der Waals surface area contributed by atoms with Gasteiger partial charge in [-0.15, -0.1) is 11.8 Å². The van der Waals surface area contributed by atoms with Crippen LogP contribution in [-0.4, -0.2) is 43.5 Å². The van der Waals surface area contributed by atoms with Gasteiger partial charge in [-0.1, -0.05) is 12.1 Å². The molecule has 0 radical (unpaired) electrons. The Morgan fingerprint density at radius 1 is 0.971 bits per heavy atom. The summed E-state index contributed by atoms with van der Waals surface area (Å²) in [6.07, 6.45) is -4.48. The fraction of sp³-hybridized carbons (Fsp3) is 0.440. The maximum Gasteiger partial charge on any atom is 0.422 e. The summed E-state index contributed by atoms with van der Waals surface area (Å²) >= 11 is 1.38. The van der Waals surface area contributed by atoms with Crippen molar-refractivity contribution in [2.24, 2.45) is 0 Å². The lowest BCUT2D eigenvalue weighted by atomic mass is 9.83. The largest absolute Gasteiger partial charge is 0.497 e. The van der Waals surface area contributed by atoms with Crippen LogP contribution in [0, 0.1) is 13.8 Å². The Hall–Kier alpha value is -2.68. The minimum absolute atomic E-state index is 0.0141. The normalized spacial score (nSPS) is 12.7. The molecule has 0 aliphatic carbocycles. The summed E-state index contributed by atoms with van der Waals surface area (Å²) in [7, 11) is 2.78. The van der Waals surface area contributed by atoms with Crippen LogP contribution >= 0.6 is 11.8 Å². The molecular weight excluding hydrogens is 469 g/mol. The number of esters is 1. The first-order chi connectivity index (χ1) is 15.8. The van der Waals surface area contributed by atoms with Crippen LogP contribution in [0.25, 0.3) is 0 Å². The van der Waals surface area contributed by atoms with Gasteiger partial charge >= 0.3 is 12.1 Å². The van der Waals surface area contributed by atoms with E-state index in [0.29, 0.717) is 22.4 Å². The first kappa shape index (κ1) is 27.6. The Labute approximate surface area is 202 Å². The quantitative estimate of drug-likeness (QED) is 0.305. The van der Waals surface area contributed by atoms with Crippen molar-refractivity contribution >= 4 is 23.5 Å². The molecule has 0 aromatic heterocycles. The molecule has 2 aromatic rings. The Balaban J connectivity index is 2.31. The van der Waals surface area contributed by atoms with Gasteiger partial charge in [-0.3, -0.25) is 9.59 Å². The van der Waals surface area contributed by atoms with E-state index in [4.69, 9.17) is 14.2 Å². The molecule has 0 heterocycles. The summed E-state index contributed by atoms with van der Waals surface area (Å²) in [4.78, 5) is 26.4. The van der Waals surface area contributed by atoms with Crippen LogP contribution in [0.4, 0.5) is 13.2 Å². The highest BCUT2D eigenvalue weighted by atomic mass is 32.2. The van der Waals surface area contributed by atoms with Crippen LogP contribution in [0.3, 0.4) is 0 Å². The van der Waals surface area contributed by atoms with E-state index in [2.05, 4.69) is 0 Å². The molecule has 1 unspecified atom stereocenters. The van der Waals surface area contributed by atoms with Crippen molar-refractivity contribution in [1.29, 1.82) is 0 Å². The second kappa shape index (κ2) is 11.2. The summed E-state index contributed by atoms with van der Waals surface area (Å²) in [6.45, 7) is 5.31. The maximum atomic E-state index is 13.6. The molecule has 9 heteroatoms. The number of hydrogen-bond acceptors (Lipinski definition) is 6. The number of aryl methyl sites for hydroxylation is 2. The third-order valence-electron chi connectivity index (χ3n) is 5.31. The minimum atomic E-state index is -4.48. The van der Waals surface area contributed by atoms with Gasteiger partial charge in [-0.25, -0.2) is 0 Å². The van der Waals surface area contributed by atoms with Crippen LogP contribution in [0.1, 0.15) is 42.0 Å². The number of ether oxygens (including phenoxy) is 3. The number of alkyl halides is 3. The molecular formula is C25H29F3O5S. The van der Waals surface area contributed by atoms with Crippen LogP contribution in [0.2, 0.25) is 0 Å². The third-order valence-corrected chi connectivity index (χ3v) is 6.71. The number of Topliss-reactive ketones (excluding diaryl/α,β-unsaturated/α-hetero) is 1. The topological polar surface area (TPSA) is 61.8 Å². The Kier molecular flexibility index (Phi) is 9.05. The van der Waals surface area contributed by atoms with E-state index >= 15 is 0 Å². The van der Waals surface area contributed by atoms with Gasteiger partial charge in [-0.2, -0.15) is 13.2 Å². The standard InChI is InChI=1S/C25H29F3O5S/c1-15-11-19(33-14-25(26,27)28)12-16(2)20(15)21(23(30)32-6)22(29)24(3,4)34-13-17-7-9-18(31-5)10-8-17/h7-12,21H,13-14H2,1-6H3. The van der Waals surface area contributed by atoms with Crippen LogP contribution in [0.5, 0.6) is 11.5 Å². The minimum Gasteiger partial charge on any atom is -0.497 e. The van der Waals surface area contributed by atoms with Gasteiger partial charge in [0, 0.05) is 5.75 Å². The molecule has 5 nitrogen and oxygen atoms in total. The molecule has 0 fully saturated rings. The Morgan fingerprint density at radius 3 is 2.00 bits per heavy atom. The molecule has 0 aliphatic heterocycles. The first-order valence-corrected chi connectivity index (χ1v) is 11.5. The first-order valence-electron chi connectivity index (χ1n) is 10.5. The van der Waals surface area contributed by atoms with Gasteiger partial charge in [-0.05, 0) is 74.2 Å². The Morgan fingerprint density at radius 2 is 1.53 bits per heavy atom. The van der Waals surface area contributed by atoms with Gasteiger partial charge < -0.3 is 14.2 Å². The second-order valence-electron chi connectivity index (χ2n) is 8.34. The van der Waals surface area contributed by atoms with E-state index in [9.17, 15) is 22.8 Å². The zero-order valence-corrected chi connectivity index (χ0v) is 20.9. The number of methoxy groups -OCH3 is 2. The molecule has 186 valence electrons. The van der Waals surface area contributed by atoms with E-state index in [1.807, 2.05) is 24.3 Å². The van der Waals surface area contributed by atoms with Crippen molar-refractivity contribution in [3.8, 4) is 11.5 Å². The number of benzene rings is 2. The molecule has 0 saturated carbocycles. The van der Waals surface area contributed by atoms with E-state index < -0.39 is 29.4 Å². The molecule has 0 N–H and O–H groups in total. The van der Waals surface area contributed by atoms with E-state index in [0.717, 1.165) is 11.3 Å². The van der Waals surface area contributed by atoms with Gasteiger partial charge in [0.25, 0.3) is 0 Å². The van der Waals surface area contributed by atoms with E-state index in [1.54, 1.807) is 34.8 Å². The maximum absolute atomic E-state index is 13.6. The zero-order valence-electron chi connectivity index (χ0n) is 20.0. The smallest absolute Gasteiger partial charge is 0.422 e. The highest BCUT2D eigenvalue weighted by Crippen LogP contribution is 2.38. The monoisotopic (exact) mass is 498 g/mol. The SMILES string of the molecule is COC(=O)C(C(=O)C(C)(C)SCc1ccc(OC)cc1)c1c(C)cc(OCC(F)(F)F)cc1C. The molecule has 0 saturated heterocycles. The number of thioether (sulfide) groups is 1. The summed E-state index contributed by atoms with van der Waals surface area (Å²) in [6, 6.07) is 10.3. The van der Waals surface area contributed by atoms with Gasteiger partial charge in [0.15, 0.2) is 12.4 Å². The summed E-state index contributed by atoms with van der Waals surface area (Å²) in [5.41, 5.74) is 2.34. The fourth-order valence-corrected chi connectivity index (χ4v) is 4.50. The fourth-order valence-electron chi connectivity index (χ4n) is 3.52. The molecule has 0 aliphatic rings. The number of ketones is 1. The van der Waals surface area contributed by atoms with Crippen LogP contribution in [0.15, 0.2) is 36.4 Å². The summed E-state index contributed by atoms with van der Waals surface area (Å²) in [5.74, 6) is -1.03. The number of carbonyl (C=O) groups is 2. The van der Waals surface area contributed by atoms with Gasteiger partial charge in [0.2, 0.25) is 0 Å². The van der Waals surface area contributed by atoms with Gasteiger partial charge in [0.05, 0.1) is 19.0 Å². The average molecular weight is 499 g/mol. The lowest BCUT2D eigenvalue weighted by Crippen LogP contribution is -2.38.